The molecular formula is C17H16N2O8S. The molecule has 148 valence electrons. The minimum absolute atomic E-state index is 0.191. The lowest BCUT2D eigenvalue weighted by molar-refractivity contribution is -0.0613. The van der Waals surface area contributed by atoms with Gasteiger partial charge in [0.05, 0.1) is 5.56 Å². The topological polar surface area (TPSA) is 126 Å². The highest BCUT2D eigenvalue weighted by molar-refractivity contribution is 7.75. The predicted molar refractivity (Wildman–Crippen MR) is 94.6 cm³/mol. The molecule has 0 aliphatic carbocycles. The Hall–Kier alpha value is -2.60. The van der Waals surface area contributed by atoms with E-state index in [9.17, 15) is 18.6 Å². The molecule has 0 radical (unpaired) electrons. The smallest absolute Gasteiger partial charge is 0.338 e. The molecule has 28 heavy (non-hydrogen) atoms. The molecule has 11 heteroatoms. The summed E-state index contributed by atoms with van der Waals surface area (Å²) in [4.78, 5) is 38.1. The van der Waals surface area contributed by atoms with Crippen LogP contribution in [0.25, 0.3) is 0 Å². The Kier molecular flexibility index (Phi) is 4.98. The van der Waals surface area contributed by atoms with Gasteiger partial charge in [-0.2, -0.15) is 4.21 Å². The van der Waals surface area contributed by atoms with Gasteiger partial charge in [-0.15, -0.1) is 0 Å². The van der Waals surface area contributed by atoms with Gasteiger partial charge in [0.15, 0.2) is 12.3 Å². The van der Waals surface area contributed by atoms with Gasteiger partial charge in [0.2, 0.25) is 0 Å². The van der Waals surface area contributed by atoms with Gasteiger partial charge < -0.3 is 9.47 Å². The van der Waals surface area contributed by atoms with Crippen molar-refractivity contribution in [2.45, 2.75) is 31.5 Å². The zero-order chi connectivity index (χ0) is 19.8. The number of benzene rings is 1. The molecular weight excluding hydrogens is 392 g/mol. The summed E-state index contributed by atoms with van der Waals surface area (Å²) in [5, 5.41) is 0. The molecule has 4 rings (SSSR count). The second kappa shape index (κ2) is 7.43. The van der Waals surface area contributed by atoms with E-state index in [1.807, 2.05) is 0 Å². The van der Waals surface area contributed by atoms with Crippen LogP contribution in [-0.2, 0) is 29.2 Å². The van der Waals surface area contributed by atoms with Crippen molar-refractivity contribution in [2.75, 3.05) is 6.61 Å². The van der Waals surface area contributed by atoms with Crippen molar-refractivity contribution >= 4 is 17.3 Å². The van der Waals surface area contributed by atoms with E-state index in [-0.39, 0.29) is 6.61 Å². The van der Waals surface area contributed by atoms with Gasteiger partial charge in [-0.3, -0.25) is 22.7 Å². The monoisotopic (exact) mass is 408 g/mol. The zero-order valence-corrected chi connectivity index (χ0v) is 15.4. The Morgan fingerprint density at radius 3 is 2.68 bits per heavy atom. The van der Waals surface area contributed by atoms with E-state index < -0.39 is 53.1 Å². The van der Waals surface area contributed by atoms with Crippen molar-refractivity contribution in [3.63, 3.8) is 0 Å². The summed E-state index contributed by atoms with van der Waals surface area (Å²) in [6.07, 6.45) is -2.17. The average molecular weight is 408 g/mol. The molecule has 2 aromatic rings. The Morgan fingerprint density at radius 1 is 1.21 bits per heavy atom. The number of aromatic nitrogens is 2. The third-order valence-electron chi connectivity index (χ3n) is 4.47. The SMILES string of the molecule is Cc1cn([C@@H]2O[C@H](COC(=O)c3ccccc3)[C@H]3OS(=O)O[C@H]32)c(=O)[nH]c1=O. The number of hydrogen-bond acceptors (Lipinski definition) is 8. The quantitative estimate of drug-likeness (QED) is 0.699. The van der Waals surface area contributed by atoms with E-state index in [4.69, 9.17) is 17.8 Å². The van der Waals surface area contributed by atoms with Gasteiger partial charge in [0.1, 0.15) is 18.8 Å². The Bertz CT molecular complexity index is 1030. The van der Waals surface area contributed by atoms with E-state index in [1.165, 1.54) is 13.1 Å². The first-order valence-corrected chi connectivity index (χ1v) is 9.40. The third-order valence-corrected chi connectivity index (χ3v) is 5.23. The van der Waals surface area contributed by atoms with E-state index in [0.29, 0.717) is 11.1 Å². The lowest BCUT2D eigenvalue weighted by atomic mass is 10.1. The third kappa shape index (κ3) is 3.44. The van der Waals surface area contributed by atoms with Crippen LogP contribution in [0.3, 0.4) is 0 Å². The van der Waals surface area contributed by atoms with Crippen LogP contribution < -0.4 is 11.2 Å². The van der Waals surface area contributed by atoms with Crippen LogP contribution in [0.5, 0.6) is 0 Å². The minimum Gasteiger partial charge on any atom is -0.459 e. The second-order valence-electron chi connectivity index (χ2n) is 6.33. The van der Waals surface area contributed by atoms with Crippen LogP contribution in [0.4, 0.5) is 0 Å². The normalized spacial score (nSPS) is 28.8. The van der Waals surface area contributed by atoms with Gasteiger partial charge >= 0.3 is 23.0 Å². The number of esters is 1. The second-order valence-corrected chi connectivity index (χ2v) is 7.13. The first-order valence-electron chi connectivity index (χ1n) is 8.40. The van der Waals surface area contributed by atoms with Crippen LogP contribution >= 0.6 is 0 Å². The molecule has 0 bridgehead atoms. The summed E-state index contributed by atoms with van der Waals surface area (Å²) in [5.74, 6) is -0.554. The number of hydrogen-bond donors (Lipinski definition) is 1. The average Bonchev–Trinajstić information content (AvgIpc) is 3.21. The molecule has 2 aliphatic heterocycles. The molecule has 2 fully saturated rings. The molecule has 0 amide bonds. The molecule has 2 aliphatic rings. The van der Waals surface area contributed by atoms with Crippen molar-refractivity contribution in [1.82, 2.24) is 9.55 Å². The predicted octanol–water partition coefficient (Wildman–Crippen LogP) is -0.0379. The van der Waals surface area contributed by atoms with E-state index in [0.717, 1.165) is 4.57 Å². The molecule has 5 atom stereocenters. The molecule has 1 unspecified atom stereocenters. The fourth-order valence-electron chi connectivity index (χ4n) is 3.08. The highest BCUT2D eigenvalue weighted by Crippen LogP contribution is 2.38. The lowest BCUT2D eigenvalue weighted by Crippen LogP contribution is -2.37. The molecule has 0 spiro atoms. The van der Waals surface area contributed by atoms with Crippen LogP contribution in [0, 0.1) is 6.92 Å². The van der Waals surface area contributed by atoms with Gasteiger partial charge in [-0.1, -0.05) is 18.2 Å². The highest BCUT2D eigenvalue weighted by Gasteiger charge is 2.54. The number of fused-ring (bicyclic) bond motifs is 1. The summed E-state index contributed by atoms with van der Waals surface area (Å²) in [6, 6.07) is 8.40. The zero-order valence-electron chi connectivity index (χ0n) is 14.6. The van der Waals surface area contributed by atoms with Crippen LogP contribution in [0.15, 0.2) is 46.1 Å². The summed E-state index contributed by atoms with van der Waals surface area (Å²) < 4.78 is 34.4. The number of aryl methyl sites for hydroxylation is 1. The van der Waals surface area contributed by atoms with E-state index in [2.05, 4.69) is 4.98 Å². The Morgan fingerprint density at radius 2 is 1.93 bits per heavy atom. The maximum atomic E-state index is 12.2. The van der Waals surface area contributed by atoms with E-state index in [1.54, 1.807) is 30.3 Å². The number of nitrogens with one attached hydrogen (secondary N) is 1. The van der Waals surface area contributed by atoms with Gasteiger partial charge in [0.25, 0.3) is 5.56 Å². The van der Waals surface area contributed by atoms with Crippen molar-refractivity contribution in [3.8, 4) is 0 Å². The first-order chi connectivity index (χ1) is 13.4. The van der Waals surface area contributed by atoms with Crippen molar-refractivity contribution in [3.05, 3.63) is 68.5 Å². The van der Waals surface area contributed by atoms with Gasteiger partial charge in [0, 0.05) is 11.8 Å². The molecule has 3 heterocycles. The number of carbonyl (C=O) groups is 1. The van der Waals surface area contributed by atoms with Gasteiger partial charge in [-0.05, 0) is 19.1 Å². The maximum absolute atomic E-state index is 12.2. The molecule has 1 aromatic carbocycles. The highest BCUT2D eigenvalue weighted by atomic mass is 32.2. The number of carbonyl (C=O) groups excluding carboxylic acids is 1. The van der Waals surface area contributed by atoms with Crippen LogP contribution in [0.2, 0.25) is 0 Å². The largest absolute Gasteiger partial charge is 0.459 e. The number of aromatic amines is 1. The molecule has 1 N–H and O–H groups in total. The van der Waals surface area contributed by atoms with Crippen LogP contribution in [-0.4, -0.2) is 44.6 Å². The molecule has 2 saturated heterocycles. The van der Waals surface area contributed by atoms with Gasteiger partial charge in [-0.25, -0.2) is 9.59 Å². The molecule has 10 nitrogen and oxygen atoms in total. The molecule has 0 saturated carbocycles. The Labute approximate surface area is 160 Å². The summed E-state index contributed by atoms with van der Waals surface area (Å²) in [6.45, 7) is 1.34. The lowest BCUT2D eigenvalue weighted by Gasteiger charge is -2.18. The van der Waals surface area contributed by atoms with Crippen molar-refractivity contribution < 1.29 is 26.8 Å². The number of H-pyrrole nitrogens is 1. The van der Waals surface area contributed by atoms with E-state index >= 15 is 0 Å². The Balaban J connectivity index is 1.54. The maximum Gasteiger partial charge on any atom is 0.338 e. The minimum atomic E-state index is -2.02. The standard InChI is InChI=1S/C17H16N2O8S/c1-9-7-19(17(22)18-14(9)20)15-13-12(26-28(23)27-13)11(25-15)8-24-16(21)10-5-3-2-4-6-10/h2-7,11-13,15H,8H2,1H3,(H,18,20,22)/t11-,12-,13-,15-,28?/m1/s1. The summed E-state index contributed by atoms with van der Waals surface area (Å²) >= 11 is -2.02. The fraction of sp³-hybridized carbons (Fsp3) is 0.353. The fourth-order valence-corrected chi connectivity index (χ4v) is 3.93. The summed E-state index contributed by atoms with van der Waals surface area (Å²) in [5.41, 5.74) is -0.564. The number of rotatable bonds is 4. The summed E-state index contributed by atoms with van der Waals surface area (Å²) in [7, 11) is 0. The molecule has 1 aromatic heterocycles. The van der Waals surface area contributed by atoms with Crippen molar-refractivity contribution in [1.29, 1.82) is 0 Å². The number of ether oxygens (including phenoxy) is 2. The first kappa shape index (κ1) is 18.7. The van der Waals surface area contributed by atoms with Crippen molar-refractivity contribution in [2.24, 2.45) is 0 Å². The van der Waals surface area contributed by atoms with Crippen LogP contribution in [0.1, 0.15) is 22.1 Å². The number of nitrogens with zero attached hydrogens (tertiary/aromatic N) is 1.